The maximum absolute atomic E-state index is 10.9. The van der Waals surface area contributed by atoms with Gasteiger partial charge in [0.2, 0.25) is 5.72 Å². The lowest BCUT2D eigenvalue weighted by atomic mass is 10.1. The van der Waals surface area contributed by atoms with Crippen molar-refractivity contribution in [3.05, 3.63) is 0 Å². The number of Topliss-reactive ketones (excluding diaryl/α,β-unsaturated/α-hetero) is 1. The molecule has 6 nitrogen and oxygen atoms in total. The summed E-state index contributed by atoms with van der Waals surface area (Å²) in [5.74, 6) is -2.12. The molecule has 1 heterocycles. The maximum atomic E-state index is 10.9. The van der Waals surface area contributed by atoms with Crippen molar-refractivity contribution in [3.63, 3.8) is 0 Å². The molecular formula is C6H8N2O4. The second-order valence-electron chi connectivity index (χ2n) is 2.67. The van der Waals surface area contributed by atoms with Crippen LogP contribution < -0.4 is 5.32 Å². The lowest BCUT2D eigenvalue weighted by Crippen LogP contribution is -2.66. The summed E-state index contributed by atoms with van der Waals surface area (Å²) in [6.07, 6.45) is 0. The molecule has 6 heteroatoms. The Morgan fingerprint density at radius 1 is 1.42 bits per heavy atom. The third kappa shape index (κ3) is 0.964. The minimum Gasteiger partial charge on any atom is -0.364 e. The van der Waals surface area contributed by atoms with E-state index in [1.54, 1.807) is 5.32 Å². The van der Waals surface area contributed by atoms with E-state index in [1.165, 1.54) is 7.05 Å². The number of imide groups is 1. The Hall–Kier alpha value is -1.43. The van der Waals surface area contributed by atoms with Crippen LogP contribution in [0.3, 0.4) is 0 Å². The number of likely N-dealkylation sites (N-methyl/N-ethyl adjacent to an activating group) is 1. The predicted octanol–water partition coefficient (Wildman–Crippen LogP) is -1.55. The fourth-order valence-corrected chi connectivity index (χ4v) is 0.803. The summed E-state index contributed by atoms with van der Waals surface area (Å²) in [4.78, 5) is 33.3. The topological polar surface area (TPSA) is 86.7 Å². The van der Waals surface area contributed by atoms with Gasteiger partial charge in [-0.2, -0.15) is 0 Å². The Morgan fingerprint density at radius 3 is 2.42 bits per heavy atom. The summed E-state index contributed by atoms with van der Waals surface area (Å²) in [6.45, 7) is 1.09. The van der Waals surface area contributed by atoms with Gasteiger partial charge < -0.3 is 5.11 Å². The van der Waals surface area contributed by atoms with E-state index < -0.39 is 23.4 Å². The van der Waals surface area contributed by atoms with E-state index >= 15 is 0 Å². The monoisotopic (exact) mass is 172 g/mol. The highest BCUT2D eigenvalue weighted by atomic mass is 16.3. The fourth-order valence-electron chi connectivity index (χ4n) is 0.803. The molecule has 0 aromatic heterocycles. The summed E-state index contributed by atoms with van der Waals surface area (Å²) < 4.78 is 0. The number of carbonyl (C=O) groups is 3. The first-order valence-electron chi connectivity index (χ1n) is 3.23. The van der Waals surface area contributed by atoms with Gasteiger partial charge in [0.15, 0.2) is 0 Å². The van der Waals surface area contributed by atoms with E-state index in [0.717, 1.165) is 11.8 Å². The van der Waals surface area contributed by atoms with Crippen LogP contribution in [0.5, 0.6) is 0 Å². The van der Waals surface area contributed by atoms with Gasteiger partial charge in [-0.05, 0) is 6.92 Å². The molecule has 0 spiro atoms. The maximum Gasteiger partial charge on any atom is 0.326 e. The second kappa shape index (κ2) is 2.28. The number of ketones is 1. The van der Waals surface area contributed by atoms with Crippen molar-refractivity contribution >= 4 is 17.7 Å². The van der Waals surface area contributed by atoms with E-state index in [2.05, 4.69) is 0 Å². The van der Waals surface area contributed by atoms with Gasteiger partial charge >= 0.3 is 11.9 Å². The normalized spacial score (nSPS) is 30.6. The first-order chi connectivity index (χ1) is 5.37. The van der Waals surface area contributed by atoms with Gasteiger partial charge in [-0.3, -0.25) is 19.8 Å². The van der Waals surface area contributed by atoms with E-state index in [-0.39, 0.29) is 0 Å². The molecule has 1 rings (SSSR count). The van der Waals surface area contributed by atoms with Gasteiger partial charge in [-0.1, -0.05) is 0 Å². The standard InChI is InChI=1S/C6H8N2O4/c1-6(12)3(9)4(10)7-5(11)8(6)2/h12H,1-2H3,(H,7,10,11). The highest BCUT2D eigenvalue weighted by Crippen LogP contribution is 2.14. The van der Waals surface area contributed by atoms with Crippen molar-refractivity contribution in [2.24, 2.45) is 0 Å². The van der Waals surface area contributed by atoms with Gasteiger partial charge in [0.25, 0.3) is 5.78 Å². The van der Waals surface area contributed by atoms with Crippen molar-refractivity contribution in [1.82, 2.24) is 10.2 Å². The number of aliphatic hydroxyl groups is 1. The Balaban J connectivity index is 3.06. The fraction of sp³-hybridized carbons (Fsp3) is 0.500. The van der Waals surface area contributed by atoms with Crippen LogP contribution in [-0.4, -0.2) is 40.5 Å². The molecule has 0 aromatic carbocycles. The van der Waals surface area contributed by atoms with Crippen LogP contribution >= 0.6 is 0 Å². The van der Waals surface area contributed by atoms with Crippen LogP contribution in [0, 0.1) is 0 Å². The molecule has 66 valence electrons. The molecule has 2 N–H and O–H groups in total. The molecule has 0 aliphatic carbocycles. The van der Waals surface area contributed by atoms with Crippen LogP contribution in [-0.2, 0) is 9.59 Å². The first kappa shape index (κ1) is 8.66. The molecular weight excluding hydrogens is 164 g/mol. The molecule has 1 aliphatic heterocycles. The van der Waals surface area contributed by atoms with Crippen LogP contribution in [0.2, 0.25) is 0 Å². The van der Waals surface area contributed by atoms with E-state index in [9.17, 15) is 19.5 Å². The highest BCUT2D eigenvalue weighted by Gasteiger charge is 2.46. The SMILES string of the molecule is CN1C(=O)NC(=O)C(=O)C1(C)O. The number of hydrogen-bond donors (Lipinski definition) is 2. The Morgan fingerprint density at radius 2 is 1.92 bits per heavy atom. The molecule has 0 radical (unpaired) electrons. The smallest absolute Gasteiger partial charge is 0.326 e. The van der Waals surface area contributed by atoms with Gasteiger partial charge in [0, 0.05) is 7.05 Å². The van der Waals surface area contributed by atoms with Crippen molar-refractivity contribution in [3.8, 4) is 0 Å². The van der Waals surface area contributed by atoms with E-state index in [0.29, 0.717) is 0 Å². The molecule has 1 saturated heterocycles. The number of nitrogens with one attached hydrogen (secondary N) is 1. The first-order valence-corrected chi connectivity index (χ1v) is 3.23. The molecule has 0 aromatic rings. The Bertz CT molecular complexity index is 271. The summed E-state index contributed by atoms with van der Waals surface area (Å²) in [6, 6.07) is -0.787. The zero-order valence-corrected chi connectivity index (χ0v) is 6.62. The molecule has 12 heavy (non-hydrogen) atoms. The van der Waals surface area contributed by atoms with Crippen molar-refractivity contribution in [2.75, 3.05) is 7.05 Å². The molecule has 1 unspecified atom stereocenters. The van der Waals surface area contributed by atoms with Crippen LogP contribution in [0.25, 0.3) is 0 Å². The summed E-state index contributed by atoms with van der Waals surface area (Å²) in [7, 11) is 1.22. The second-order valence-corrected chi connectivity index (χ2v) is 2.67. The molecule has 0 saturated carbocycles. The van der Waals surface area contributed by atoms with Gasteiger partial charge in [0.05, 0.1) is 0 Å². The minimum absolute atomic E-state index is 0.761. The van der Waals surface area contributed by atoms with Crippen molar-refractivity contribution in [2.45, 2.75) is 12.6 Å². The van der Waals surface area contributed by atoms with Gasteiger partial charge in [0.1, 0.15) is 0 Å². The zero-order chi connectivity index (χ0) is 9.52. The largest absolute Gasteiger partial charge is 0.364 e. The molecule has 0 bridgehead atoms. The third-order valence-electron chi connectivity index (χ3n) is 1.81. The summed E-state index contributed by atoms with van der Waals surface area (Å²) >= 11 is 0. The molecule has 1 aliphatic rings. The Kier molecular flexibility index (Phi) is 1.64. The van der Waals surface area contributed by atoms with Crippen LogP contribution in [0.15, 0.2) is 0 Å². The summed E-state index contributed by atoms with van der Waals surface area (Å²) in [5.41, 5.74) is -2.03. The number of urea groups is 1. The minimum atomic E-state index is -2.03. The molecule has 1 fully saturated rings. The highest BCUT2D eigenvalue weighted by molar-refractivity contribution is 6.43. The average Bonchev–Trinajstić information content (AvgIpc) is 1.99. The van der Waals surface area contributed by atoms with Gasteiger partial charge in [-0.15, -0.1) is 0 Å². The lowest BCUT2D eigenvalue weighted by molar-refractivity contribution is -0.161. The molecule has 1 atom stereocenters. The zero-order valence-electron chi connectivity index (χ0n) is 6.62. The quantitative estimate of drug-likeness (QED) is 0.433. The molecule has 3 amide bonds. The number of nitrogens with zero attached hydrogens (tertiary/aromatic N) is 1. The van der Waals surface area contributed by atoms with E-state index in [1.807, 2.05) is 0 Å². The third-order valence-corrected chi connectivity index (χ3v) is 1.81. The van der Waals surface area contributed by atoms with Crippen molar-refractivity contribution in [1.29, 1.82) is 0 Å². The number of carbonyl (C=O) groups excluding carboxylic acids is 3. The lowest BCUT2D eigenvalue weighted by Gasteiger charge is -2.35. The summed E-state index contributed by atoms with van der Waals surface area (Å²) in [5, 5.41) is 11.1. The van der Waals surface area contributed by atoms with E-state index in [4.69, 9.17) is 0 Å². The number of amides is 3. The predicted molar refractivity (Wildman–Crippen MR) is 36.9 cm³/mol. The van der Waals surface area contributed by atoms with Crippen LogP contribution in [0.4, 0.5) is 4.79 Å². The average molecular weight is 172 g/mol. The number of hydrogen-bond acceptors (Lipinski definition) is 4. The van der Waals surface area contributed by atoms with Crippen molar-refractivity contribution < 1.29 is 19.5 Å². The van der Waals surface area contributed by atoms with Crippen LogP contribution in [0.1, 0.15) is 6.92 Å². The number of rotatable bonds is 0. The van der Waals surface area contributed by atoms with Gasteiger partial charge in [-0.25, -0.2) is 4.79 Å². The Labute approximate surface area is 68.1 Å².